The lowest BCUT2D eigenvalue weighted by molar-refractivity contribution is 1.07. The molecule has 6 aromatic carbocycles. The molecule has 2 nitrogen and oxygen atoms in total. The van der Waals surface area contributed by atoms with Crippen LogP contribution < -0.4 is 20.7 Å². The molecule has 0 saturated carbocycles. The number of imidazole rings is 1. The molecular formula is C39H30N2Si. The highest BCUT2D eigenvalue weighted by atomic mass is 28.3. The molecule has 0 amide bonds. The highest BCUT2D eigenvalue weighted by Gasteiger charge is 2.43. The van der Waals surface area contributed by atoms with E-state index in [4.69, 9.17) is 4.98 Å². The Hall–Kier alpha value is -5.25. The molecule has 0 unspecified atom stereocenters. The Morgan fingerprint density at radius 2 is 0.857 bits per heavy atom. The van der Waals surface area contributed by atoms with Crippen LogP contribution in [0.4, 0.5) is 0 Å². The minimum absolute atomic E-state index is 0.929. The molecule has 7 rings (SSSR count). The van der Waals surface area contributed by atoms with Gasteiger partial charge in [-0.2, -0.15) is 0 Å². The van der Waals surface area contributed by atoms with Crippen molar-refractivity contribution < 1.29 is 0 Å². The molecular weight excluding hydrogens is 525 g/mol. The summed E-state index contributed by atoms with van der Waals surface area (Å²) >= 11 is 0. The van der Waals surface area contributed by atoms with Gasteiger partial charge in [-0.05, 0) is 32.9 Å². The largest absolute Gasteiger partial charge is 0.292 e. The monoisotopic (exact) mass is 554 g/mol. The van der Waals surface area contributed by atoms with E-state index in [-0.39, 0.29) is 0 Å². The number of benzene rings is 6. The van der Waals surface area contributed by atoms with Gasteiger partial charge in [-0.1, -0.05) is 164 Å². The molecule has 0 aliphatic rings. The van der Waals surface area contributed by atoms with Crippen LogP contribution in [-0.2, 0) is 0 Å². The Balaban J connectivity index is 1.59. The molecule has 0 bridgehead atoms. The predicted octanol–water partition coefficient (Wildman–Crippen LogP) is 6.58. The summed E-state index contributed by atoms with van der Waals surface area (Å²) in [7, 11) is -2.76. The molecule has 1 aromatic heterocycles. The summed E-state index contributed by atoms with van der Waals surface area (Å²) in [6, 6.07) is 63.3. The van der Waals surface area contributed by atoms with Crippen LogP contribution in [0.1, 0.15) is 0 Å². The lowest BCUT2D eigenvalue weighted by Crippen LogP contribution is -2.75. The van der Waals surface area contributed by atoms with Gasteiger partial charge < -0.3 is 0 Å². The summed E-state index contributed by atoms with van der Waals surface area (Å²) < 4.78 is 2.31. The van der Waals surface area contributed by atoms with Crippen molar-refractivity contribution in [2.75, 3.05) is 0 Å². The van der Waals surface area contributed by atoms with Gasteiger partial charge in [0.15, 0.2) is 8.07 Å². The van der Waals surface area contributed by atoms with E-state index in [0.29, 0.717) is 0 Å². The Morgan fingerprint density at radius 1 is 0.429 bits per heavy atom. The number of hydrogen-bond acceptors (Lipinski definition) is 1. The molecule has 0 atom stereocenters. The van der Waals surface area contributed by atoms with Crippen LogP contribution in [0.2, 0.25) is 0 Å². The molecule has 0 radical (unpaired) electrons. The van der Waals surface area contributed by atoms with Crippen molar-refractivity contribution in [3.8, 4) is 28.3 Å². The fraction of sp³-hybridized carbons (Fsp3) is 0. The van der Waals surface area contributed by atoms with Gasteiger partial charge >= 0.3 is 0 Å². The number of aromatic nitrogens is 2. The van der Waals surface area contributed by atoms with Gasteiger partial charge in [-0.25, -0.2) is 4.98 Å². The van der Waals surface area contributed by atoms with Crippen LogP contribution in [-0.4, -0.2) is 17.6 Å². The number of hydrogen-bond donors (Lipinski definition) is 0. The second kappa shape index (κ2) is 11.3. The first-order valence-electron chi connectivity index (χ1n) is 14.3. The average molecular weight is 555 g/mol. The predicted molar refractivity (Wildman–Crippen MR) is 178 cm³/mol. The zero-order valence-electron chi connectivity index (χ0n) is 23.2. The van der Waals surface area contributed by atoms with Gasteiger partial charge in [0.25, 0.3) is 0 Å². The van der Waals surface area contributed by atoms with E-state index in [0.717, 1.165) is 22.8 Å². The van der Waals surface area contributed by atoms with Crippen LogP contribution in [0.3, 0.4) is 0 Å². The van der Waals surface area contributed by atoms with Crippen LogP contribution >= 0.6 is 0 Å². The molecule has 0 saturated heterocycles. The quantitative estimate of drug-likeness (QED) is 0.161. The molecule has 0 aliphatic carbocycles. The summed E-state index contributed by atoms with van der Waals surface area (Å²) in [5, 5.41) is 5.39. The molecule has 42 heavy (non-hydrogen) atoms. The highest BCUT2D eigenvalue weighted by molar-refractivity contribution is 7.20. The minimum Gasteiger partial charge on any atom is -0.292 e. The number of para-hydroxylation sites is 1. The summed E-state index contributed by atoms with van der Waals surface area (Å²) in [6.45, 7) is 0. The fourth-order valence-corrected chi connectivity index (χ4v) is 11.2. The standard InChI is InChI=1S/C39H30N2Si/c1-6-18-31(19-7-1)39-40-30-37(41(39)32-20-8-2-9-21-32)36-28-16-17-29-38(36)42(33-22-10-3-11-23-33,34-24-12-4-13-25-34)35-26-14-5-15-27-35/h1-30H. The van der Waals surface area contributed by atoms with E-state index >= 15 is 0 Å². The van der Waals surface area contributed by atoms with Gasteiger partial charge in [0.2, 0.25) is 0 Å². The maximum atomic E-state index is 5.06. The average Bonchev–Trinajstić information content (AvgIpc) is 3.53. The van der Waals surface area contributed by atoms with E-state index in [9.17, 15) is 0 Å². The zero-order chi connectivity index (χ0) is 28.2. The van der Waals surface area contributed by atoms with Gasteiger partial charge in [0.05, 0.1) is 11.9 Å². The third-order valence-electron chi connectivity index (χ3n) is 8.04. The third kappa shape index (κ3) is 4.41. The molecule has 0 fully saturated rings. The Bertz CT molecular complexity index is 1800. The number of rotatable bonds is 7. The van der Waals surface area contributed by atoms with Crippen molar-refractivity contribution in [3.63, 3.8) is 0 Å². The maximum Gasteiger partial charge on any atom is 0.180 e. The van der Waals surface area contributed by atoms with Gasteiger partial charge in [-0.15, -0.1) is 0 Å². The van der Waals surface area contributed by atoms with Crippen LogP contribution in [0.5, 0.6) is 0 Å². The third-order valence-corrected chi connectivity index (χ3v) is 12.9. The zero-order valence-corrected chi connectivity index (χ0v) is 24.2. The van der Waals surface area contributed by atoms with Gasteiger partial charge in [-0.3, -0.25) is 4.57 Å². The second-order valence-corrected chi connectivity index (χ2v) is 14.2. The Labute approximate surface area is 248 Å². The van der Waals surface area contributed by atoms with Crippen LogP contribution in [0, 0.1) is 0 Å². The van der Waals surface area contributed by atoms with Gasteiger partial charge in [0, 0.05) is 16.8 Å². The second-order valence-electron chi connectivity index (χ2n) is 10.4. The summed E-state index contributed by atoms with van der Waals surface area (Å²) in [4.78, 5) is 5.06. The van der Waals surface area contributed by atoms with Crippen LogP contribution in [0.25, 0.3) is 28.3 Å². The topological polar surface area (TPSA) is 17.8 Å². The molecule has 200 valence electrons. The Kier molecular flexibility index (Phi) is 6.93. The van der Waals surface area contributed by atoms with E-state index in [2.05, 4.69) is 180 Å². The smallest absolute Gasteiger partial charge is 0.180 e. The highest BCUT2D eigenvalue weighted by Crippen LogP contribution is 2.30. The van der Waals surface area contributed by atoms with Crippen molar-refractivity contribution in [1.82, 2.24) is 9.55 Å². The van der Waals surface area contributed by atoms with Gasteiger partial charge in [0.1, 0.15) is 5.82 Å². The molecule has 0 aliphatic heterocycles. The summed E-state index contributed by atoms with van der Waals surface area (Å²) in [6.07, 6.45) is 2.05. The molecule has 1 heterocycles. The lowest BCUT2D eigenvalue weighted by Gasteiger charge is -2.36. The van der Waals surface area contributed by atoms with Crippen molar-refractivity contribution in [1.29, 1.82) is 0 Å². The van der Waals surface area contributed by atoms with E-state index in [1.807, 2.05) is 6.20 Å². The maximum absolute atomic E-state index is 5.06. The number of nitrogens with zero attached hydrogens (tertiary/aromatic N) is 2. The first-order chi connectivity index (χ1) is 20.9. The van der Waals surface area contributed by atoms with Crippen molar-refractivity contribution in [3.05, 3.63) is 182 Å². The van der Waals surface area contributed by atoms with E-state index in [1.54, 1.807) is 0 Å². The van der Waals surface area contributed by atoms with Crippen molar-refractivity contribution >= 4 is 28.8 Å². The molecule has 0 spiro atoms. The Morgan fingerprint density at radius 3 is 1.38 bits per heavy atom. The molecule has 7 aromatic rings. The summed E-state index contributed by atoms with van der Waals surface area (Å²) in [5.41, 5.74) is 4.45. The lowest BCUT2D eigenvalue weighted by atomic mass is 10.1. The van der Waals surface area contributed by atoms with Crippen LogP contribution in [0.15, 0.2) is 182 Å². The summed E-state index contributed by atoms with van der Waals surface area (Å²) in [5.74, 6) is 0.929. The molecule has 0 N–H and O–H groups in total. The fourth-order valence-electron chi connectivity index (χ4n) is 6.24. The SMILES string of the molecule is c1ccc(-c2ncc(-c3ccccc3[Si](c3ccccc3)(c3ccccc3)c3ccccc3)n2-c2ccccc2)cc1. The van der Waals surface area contributed by atoms with Crippen molar-refractivity contribution in [2.24, 2.45) is 0 Å². The molecule has 3 heteroatoms. The first-order valence-corrected chi connectivity index (χ1v) is 16.3. The van der Waals surface area contributed by atoms with E-state index < -0.39 is 8.07 Å². The minimum atomic E-state index is -2.76. The normalized spacial score (nSPS) is 11.3. The van der Waals surface area contributed by atoms with E-state index in [1.165, 1.54) is 26.3 Å². The van der Waals surface area contributed by atoms with Crippen molar-refractivity contribution in [2.45, 2.75) is 0 Å². The first kappa shape index (κ1) is 25.7.